The maximum atomic E-state index is 12.4. The highest BCUT2D eigenvalue weighted by molar-refractivity contribution is 6.03. The first-order valence-corrected chi connectivity index (χ1v) is 8.74. The van der Waals surface area contributed by atoms with E-state index in [2.05, 4.69) is 27.1 Å². The number of rotatable bonds is 3. The number of carbonyl (C=O) groups is 1. The summed E-state index contributed by atoms with van der Waals surface area (Å²) in [6, 6.07) is 19.4. The van der Waals surface area contributed by atoms with Crippen molar-refractivity contribution in [3.8, 4) is 0 Å². The lowest BCUT2D eigenvalue weighted by atomic mass is 9.79. The molecular weight excluding hydrogens is 334 g/mol. The molecule has 3 heterocycles. The van der Waals surface area contributed by atoms with Crippen molar-refractivity contribution in [1.82, 2.24) is 15.0 Å². The van der Waals surface area contributed by atoms with Crippen molar-refractivity contribution in [2.24, 2.45) is 0 Å². The lowest BCUT2D eigenvalue weighted by Gasteiger charge is -2.23. The molecule has 0 amide bonds. The predicted molar refractivity (Wildman–Crippen MR) is 108 cm³/mol. The summed E-state index contributed by atoms with van der Waals surface area (Å²) < 4.78 is 0. The molecule has 0 aliphatic rings. The molecule has 0 unspecified atom stereocenters. The lowest BCUT2D eigenvalue weighted by Crippen LogP contribution is -2.29. The van der Waals surface area contributed by atoms with Crippen molar-refractivity contribution in [2.45, 2.75) is 19.3 Å². The molecule has 0 atom stereocenters. The van der Waals surface area contributed by atoms with E-state index in [0.717, 1.165) is 11.1 Å². The van der Waals surface area contributed by atoms with Crippen LogP contribution in [0.25, 0.3) is 10.9 Å². The van der Waals surface area contributed by atoms with Gasteiger partial charge in [0.2, 0.25) is 0 Å². The molecule has 0 saturated carbocycles. The Morgan fingerprint density at radius 2 is 1.44 bits per heavy atom. The summed E-state index contributed by atoms with van der Waals surface area (Å²) in [5.41, 5.74) is 2.01. The summed E-state index contributed by atoms with van der Waals surface area (Å²) in [5.74, 6) is 0.0543. The fourth-order valence-corrected chi connectivity index (χ4v) is 2.74. The van der Waals surface area contributed by atoms with Crippen LogP contribution < -0.4 is 0 Å². The van der Waals surface area contributed by atoms with Gasteiger partial charge < -0.3 is 0 Å². The molecule has 0 spiro atoms. The molecule has 1 aromatic carbocycles. The first kappa shape index (κ1) is 18.4. The minimum atomic E-state index is -0.586. The Morgan fingerprint density at radius 3 is 2.11 bits per heavy atom. The maximum Gasteiger partial charge on any atom is 0.174 e. The summed E-state index contributed by atoms with van der Waals surface area (Å²) in [5, 5.41) is 1.20. The lowest BCUT2D eigenvalue weighted by molar-refractivity contribution is 0.0908. The molecule has 134 valence electrons. The van der Waals surface area contributed by atoms with Crippen molar-refractivity contribution in [3.05, 3.63) is 103 Å². The van der Waals surface area contributed by atoms with E-state index in [1.54, 1.807) is 36.9 Å². The molecule has 0 aliphatic heterocycles. The van der Waals surface area contributed by atoms with Gasteiger partial charge in [-0.2, -0.15) is 0 Å². The summed E-state index contributed by atoms with van der Waals surface area (Å²) in [4.78, 5) is 24.6. The number of hydrogen-bond acceptors (Lipinski definition) is 4. The van der Waals surface area contributed by atoms with Crippen molar-refractivity contribution in [1.29, 1.82) is 0 Å². The first-order chi connectivity index (χ1) is 13.1. The highest BCUT2D eigenvalue weighted by atomic mass is 16.1. The molecule has 0 radical (unpaired) electrons. The van der Waals surface area contributed by atoms with Gasteiger partial charge in [-0.15, -0.1) is 0 Å². The average Bonchev–Trinajstić information content (AvgIpc) is 2.75. The highest BCUT2D eigenvalue weighted by Gasteiger charge is 2.30. The van der Waals surface area contributed by atoms with Crippen LogP contribution in [0.4, 0.5) is 0 Å². The van der Waals surface area contributed by atoms with Crippen LogP contribution >= 0.6 is 0 Å². The number of nitrogens with zero attached hydrogens (tertiary/aromatic N) is 3. The van der Waals surface area contributed by atoms with Gasteiger partial charge in [0, 0.05) is 41.9 Å². The van der Waals surface area contributed by atoms with E-state index in [1.807, 2.05) is 56.4 Å². The van der Waals surface area contributed by atoms with Gasteiger partial charge in [-0.25, -0.2) is 0 Å². The van der Waals surface area contributed by atoms with Crippen LogP contribution in [-0.4, -0.2) is 20.7 Å². The summed E-state index contributed by atoms with van der Waals surface area (Å²) in [6.45, 7) is 3.80. The Hall–Kier alpha value is -3.40. The standard InChI is InChI=1S/C14H14N2O.C9H7N/c1-14(2,12-6-4-8-16-10-12)13(17)11-5-3-7-15-9-11;1-2-6-9-8(4-1)5-3-7-10-9/h3-10H,1-2H3;1-7H. The zero-order chi connectivity index (χ0) is 19.1. The Kier molecular flexibility index (Phi) is 5.67. The monoisotopic (exact) mass is 355 g/mol. The Morgan fingerprint density at radius 1 is 0.778 bits per heavy atom. The molecule has 0 saturated heterocycles. The number of carbonyl (C=O) groups excluding carboxylic acids is 1. The van der Waals surface area contributed by atoms with Gasteiger partial charge in [0.1, 0.15) is 0 Å². The predicted octanol–water partition coefficient (Wildman–Crippen LogP) is 4.87. The number of aromatic nitrogens is 3. The number of benzene rings is 1. The Bertz CT molecular complexity index is 950. The van der Waals surface area contributed by atoms with E-state index in [0.29, 0.717) is 5.56 Å². The van der Waals surface area contributed by atoms with Crippen molar-refractivity contribution < 1.29 is 4.79 Å². The van der Waals surface area contributed by atoms with E-state index in [1.165, 1.54) is 5.39 Å². The largest absolute Gasteiger partial charge is 0.293 e. The Labute approximate surface area is 159 Å². The summed E-state index contributed by atoms with van der Waals surface area (Å²) in [7, 11) is 0. The van der Waals surface area contributed by atoms with Gasteiger partial charge in [0.15, 0.2) is 5.78 Å². The first-order valence-electron chi connectivity index (χ1n) is 8.74. The van der Waals surface area contributed by atoms with E-state index in [9.17, 15) is 4.79 Å². The second kappa shape index (κ2) is 8.32. The molecular formula is C23H21N3O. The zero-order valence-corrected chi connectivity index (χ0v) is 15.4. The minimum absolute atomic E-state index is 0.0543. The van der Waals surface area contributed by atoms with Gasteiger partial charge in [0.25, 0.3) is 0 Å². The number of para-hydroxylation sites is 1. The van der Waals surface area contributed by atoms with Crippen molar-refractivity contribution in [2.75, 3.05) is 0 Å². The number of hydrogen-bond donors (Lipinski definition) is 0. The zero-order valence-electron chi connectivity index (χ0n) is 15.4. The van der Waals surface area contributed by atoms with Gasteiger partial charge in [-0.3, -0.25) is 19.7 Å². The van der Waals surface area contributed by atoms with Crippen LogP contribution in [0.1, 0.15) is 29.8 Å². The van der Waals surface area contributed by atoms with Crippen LogP contribution in [0.2, 0.25) is 0 Å². The van der Waals surface area contributed by atoms with E-state index < -0.39 is 5.41 Å². The summed E-state index contributed by atoms with van der Waals surface area (Å²) in [6.07, 6.45) is 8.50. The second-order valence-corrected chi connectivity index (χ2v) is 6.63. The molecule has 4 nitrogen and oxygen atoms in total. The molecule has 4 aromatic rings. The van der Waals surface area contributed by atoms with Crippen LogP contribution in [0, 0.1) is 0 Å². The molecule has 0 aliphatic carbocycles. The van der Waals surface area contributed by atoms with E-state index >= 15 is 0 Å². The molecule has 27 heavy (non-hydrogen) atoms. The topological polar surface area (TPSA) is 55.7 Å². The van der Waals surface area contributed by atoms with Crippen molar-refractivity contribution >= 4 is 16.7 Å². The van der Waals surface area contributed by atoms with E-state index in [-0.39, 0.29) is 5.78 Å². The van der Waals surface area contributed by atoms with Gasteiger partial charge >= 0.3 is 0 Å². The van der Waals surface area contributed by atoms with Crippen LogP contribution in [-0.2, 0) is 5.41 Å². The van der Waals surface area contributed by atoms with E-state index in [4.69, 9.17) is 0 Å². The third-order valence-corrected chi connectivity index (χ3v) is 4.39. The maximum absolute atomic E-state index is 12.4. The van der Waals surface area contributed by atoms with Gasteiger partial charge in [-0.05, 0) is 49.7 Å². The fourth-order valence-electron chi connectivity index (χ4n) is 2.74. The summed E-state index contributed by atoms with van der Waals surface area (Å²) >= 11 is 0. The Balaban J connectivity index is 0.000000177. The smallest absolute Gasteiger partial charge is 0.174 e. The van der Waals surface area contributed by atoms with Gasteiger partial charge in [0.05, 0.1) is 10.9 Å². The minimum Gasteiger partial charge on any atom is -0.293 e. The average molecular weight is 355 g/mol. The molecule has 0 fully saturated rings. The number of Topliss-reactive ketones (excluding diaryl/α,β-unsaturated/α-hetero) is 1. The molecule has 4 rings (SSSR count). The van der Waals surface area contributed by atoms with Gasteiger partial charge in [-0.1, -0.05) is 30.3 Å². The highest BCUT2D eigenvalue weighted by Crippen LogP contribution is 2.26. The van der Waals surface area contributed by atoms with Crippen molar-refractivity contribution in [3.63, 3.8) is 0 Å². The quantitative estimate of drug-likeness (QED) is 0.492. The number of fused-ring (bicyclic) bond motifs is 1. The normalized spacial score (nSPS) is 10.7. The molecule has 0 N–H and O–H groups in total. The van der Waals surface area contributed by atoms with Crippen LogP contribution in [0.15, 0.2) is 91.6 Å². The SMILES string of the molecule is CC(C)(C(=O)c1cccnc1)c1cccnc1.c1ccc2ncccc2c1. The van der Waals surface area contributed by atoms with Crippen LogP contribution in [0.3, 0.4) is 0 Å². The number of pyridine rings is 3. The molecule has 0 bridgehead atoms. The third kappa shape index (κ3) is 4.42. The fraction of sp³-hybridized carbons (Fsp3) is 0.130. The molecule has 4 heteroatoms. The molecule has 3 aromatic heterocycles. The third-order valence-electron chi connectivity index (χ3n) is 4.39. The van der Waals surface area contributed by atoms with Crippen LogP contribution in [0.5, 0.6) is 0 Å². The second-order valence-electron chi connectivity index (χ2n) is 6.63. The number of ketones is 1.